The Kier molecular flexibility index (Phi) is 6.51. The lowest BCUT2D eigenvalue weighted by molar-refractivity contribution is -0.120. The topological polar surface area (TPSA) is 77.7 Å². The normalized spacial score (nSPS) is 10.9. The summed E-state index contributed by atoms with van der Waals surface area (Å²) in [7, 11) is 3.11. The predicted octanol–water partition coefficient (Wildman–Crippen LogP) is 3.54. The maximum atomic E-state index is 12.2. The minimum absolute atomic E-state index is 0.147. The van der Waals surface area contributed by atoms with Gasteiger partial charge >= 0.3 is 0 Å². The molecule has 0 saturated heterocycles. The van der Waals surface area contributed by atoms with Crippen LogP contribution in [0.1, 0.15) is 16.8 Å². The van der Waals surface area contributed by atoms with Crippen LogP contribution < -0.4 is 14.9 Å². The fourth-order valence-electron chi connectivity index (χ4n) is 2.78. The van der Waals surface area contributed by atoms with Crippen molar-refractivity contribution in [3.63, 3.8) is 0 Å². The van der Waals surface area contributed by atoms with Gasteiger partial charge in [-0.05, 0) is 36.8 Å². The average Bonchev–Trinajstić information content (AvgIpc) is 3.02. The molecule has 0 atom stereocenters. The maximum absolute atomic E-state index is 12.2. The van der Waals surface area contributed by atoms with Crippen molar-refractivity contribution in [2.75, 3.05) is 14.2 Å². The molecule has 0 saturated carbocycles. The number of nitrogens with one attached hydrogen (secondary N) is 1. The molecule has 0 aliphatic heterocycles. The summed E-state index contributed by atoms with van der Waals surface area (Å²) in [6.45, 7) is 1.83. The van der Waals surface area contributed by atoms with Gasteiger partial charge in [0.25, 0.3) is 0 Å². The quantitative estimate of drug-likeness (QED) is 0.475. The molecule has 0 radical (unpaired) electrons. The Balaban J connectivity index is 1.67. The summed E-state index contributed by atoms with van der Waals surface area (Å²) in [4.78, 5) is 12.2. The van der Waals surface area contributed by atoms with E-state index in [1.807, 2.05) is 37.3 Å². The molecule has 1 aromatic heterocycles. The largest absolute Gasteiger partial charge is 0.493 e. The second-order valence-electron chi connectivity index (χ2n) is 6.20. The number of benzene rings is 2. The number of rotatable bonds is 7. The molecule has 1 amide bonds. The monoisotopic (exact) mass is 412 g/mol. The third-order valence-corrected chi connectivity index (χ3v) is 4.61. The highest BCUT2D eigenvalue weighted by molar-refractivity contribution is 6.32. The number of para-hydroxylation sites is 1. The van der Waals surface area contributed by atoms with Crippen LogP contribution in [0.3, 0.4) is 0 Å². The van der Waals surface area contributed by atoms with E-state index in [1.54, 1.807) is 37.1 Å². The van der Waals surface area contributed by atoms with Crippen LogP contribution in [-0.4, -0.2) is 36.1 Å². The average molecular weight is 413 g/mol. The Bertz CT molecular complexity index is 1030. The van der Waals surface area contributed by atoms with Crippen molar-refractivity contribution < 1.29 is 14.3 Å². The zero-order chi connectivity index (χ0) is 20.8. The molecular weight excluding hydrogens is 392 g/mol. The van der Waals surface area contributed by atoms with E-state index >= 15 is 0 Å². The Labute approximate surface area is 173 Å². The van der Waals surface area contributed by atoms with Crippen molar-refractivity contribution in [1.29, 1.82) is 0 Å². The van der Waals surface area contributed by atoms with Gasteiger partial charge in [0.1, 0.15) is 5.15 Å². The molecule has 0 aliphatic carbocycles. The SMILES string of the molecule is COc1ccc(CC(=O)NN=Cc2c(C)nn(-c3ccccc3)c2Cl)cc1OC. The van der Waals surface area contributed by atoms with Gasteiger partial charge < -0.3 is 9.47 Å². The number of nitrogens with zero attached hydrogens (tertiary/aromatic N) is 3. The highest BCUT2D eigenvalue weighted by Crippen LogP contribution is 2.27. The molecule has 1 N–H and O–H groups in total. The van der Waals surface area contributed by atoms with Crippen LogP contribution in [0, 0.1) is 6.92 Å². The summed E-state index contributed by atoms with van der Waals surface area (Å²) in [5.41, 5.74) is 5.48. The van der Waals surface area contributed by atoms with Crippen LogP contribution in [0.5, 0.6) is 11.5 Å². The standard InChI is InChI=1S/C21H21ClN4O3/c1-14-17(21(22)26(25-14)16-7-5-4-6-8-16)13-23-24-20(27)12-15-9-10-18(28-2)19(11-15)29-3/h4-11,13H,12H2,1-3H3,(H,24,27). The van der Waals surface area contributed by atoms with Gasteiger partial charge in [-0.1, -0.05) is 35.9 Å². The van der Waals surface area contributed by atoms with Crippen LogP contribution in [0.2, 0.25) is 5.15 Å². The first-order valence-electron chi connectivity index (χ1n) is 8.86. The molecule has 29 heavy (non-hydrogen) atoms. The molecule has 0 fully saturated rings. The van der Waals surface area contributed by atoms with Crippen LogP contribution in [0.4, 0.5) is 0 Å². The van der Waals surface area contributed by atoms with Gasteiger partial charge in [0.2, 0.25) is 5.91 Å². The number of methoxy groups -OCH3 is 2. The van der Waals surface area contributed by atoms with Gasteiger partial charge in [-0.25, -0.2) is 10.1 Å². The zero-order valence-corrected chi connectivity index (χ0v) is 17.1. The first-order valence-corrected chi connectivity index (χ1v) is 9.24. The minimum atomic E-state index is -0.266. The van der Waals surface area contributed by atoms with Crippen LogP contribution in [0.15, 0.2) is 53.6 Å². The van der Waals surface area contributed by atoms with E-state index in [0.29, 0.717) is 27.9 Å². The molecule has 1 heterocycles. The van der Waals surface area contributed by atoms with Crippen molar-refractivity contribution in [1.82, 2.24) is 15.2 Å². The highest BCUT2D eigenvalue weighted by Gasteiger charge is 2.13. The van der Waals surface area contributed by atoms with E-state index < -0.39 is 0 Å². The van der Waals surface area contributed by atoms with Crippen molar-refractivity contribution in [2.45, 2.75) is 13.3 Å². The van der Waals surface area contributed by atoms with Crippen LogP contribution >= 0.6 is 11.6 Å². The second kappa shape index (κ2) is 9.25. The zero-order valence-electron chi connectivity index (χ0n) is 16.3. The van der Waals surface area contributed by atoms with Crippen molar-refractivity contribution >= 4 is 23.7 Å². The number of carbonyl (C=O) groups excluding carboxylic acids is 1. The first-order chi connectivity index (χ1) is 14.0. The summed E-state index contributed by atoms with van der Waals surface area (Å²) in [6.07, 6.45) is 1.64. The van der Waals surface area contributed by atoms with E-state index in [0.717, 1.165) is 11.3 Å². The van der Waals surface area contributed by atoms with Gasteiger partial charge in [-0.3, -0.25) is 4.79 Å². The lowest BCUT2D eigenvalue weighted by atomic mass is 10.1. The number of aromatic nitrogens is 2. The van der Waals surface area contributed by atoms with Gasteiger partial charge in [0, 0.05) is 0 Å². The van der Waals surface area contributed by atoms with Crippen molar-refractivity contribution in [3.8, 4) is 17.2 Å². The fraction of sp³-hybridized carbons (Fsp3) is 0.190. The number of hydrogen-bond donors (Lipinski definition) is 1. The molecule has 150 valence electrons. The number of ether oxygens (including phenoxy) is 2. The summed E-state index contributed by atoms with van der Waals surface area (Å²) in [5.74, 6) is 0.907. The number of carbonyl (C=O) groups is 1. The van der Waals surface area contributed by atoms with Gasteiger partial charge in [0.15, 0.2) is 11.5 Å². The molecule has 0 unspecified atom stereocenters. The Morgan fingerprint density at radius 3 is 2.59 bits per heavy atom. The van der Waals surface area contributed by atoms with E-state index in [-0.39, 0.29) is 12.3 Å². The Morgan fingerprint density at radius 1 is 1.17 bits per heavy atom. The lowest BCUT2D eigenvalue weighted by Crippen LogP contribution is -2.19. The Hall–Kier alpha value is -3.32. The molecule has 0 aliphatic rings. The molecule has 3 aromatic rings. The molecular formula is C21H21ClN4O3. The van der Waals surface area contributed by atoms with Crippen molar-refractivity contribution in [3.05, 3.63) is 70.5 Å². The Morgan fingerprint density at radius 2 is 1.90 bits per heavy atom. The molecule has 8 heteroatoms. The van der Waals surface area contributed by atoms with E-state index in [1.165, 1.54) is 6.21 Å². The van der Waals surface area contributed by atoms with E-state index in [9.17, 15) is 4.79 Å². The number of hydrogen-bond acceptors (Lipinski definition) is 5. The summed E-state index contributed by atoms with van der Waals surface area (Å²) in [6, 6.07) is 14.9. The minimum Gasteiger partial charge on any atom is -0.493 e. The van der Waals surface area contributed by atoms with Crippen molar-refractivity contribution in [2.24, 2.45) is 5.10 Å². The fourth-order valence-corrected chi connectivity index (χ4v) is 3.10. The molecule has 0 spiro atoms. The maximum Gasteiger partial charge on any atom is 0.244 e. The van der Waals surface area contributed by atoms with E-state index in [2.05, 4.69) is 15.6 Å². The molecule has 7 nitrogen and oxygen atoms in total. The summed E-state index contributed by atoms with van der Waals surface area (Å²) < 4.78 is 12.1. The molecule has 3 rings (SSSR count). The summed E-state index contributed by atoms with van der Waals surface area (Å²) in [5, 5.41) is 8.88. The number of halogens is 1. The number of hydrazone groups is 1. The molecule has 0 bridgehead atoms. The second-order valence-corrected chi connectivity index (χ2v) is 6.55. The third kappa shape index (κ3) is 4.75. The van der Waals surface area contributed by atoms with Gasteiger partial charge in [-0.2, -0.15) is 10.2 Å². The summed E-state index contributed by atoms with van der Waals surface area (Å²) >= 11 is 6.44. The first kappa shape index (κ1) is 20.4. The van der Waals surface area contributed by atoms with Gasteiger partial charge in [-0.15, -0.1) is 0 Å². The van der Waals surface area contributed by atoms with Crippen LogP contribution in [-0.2, 0) is 11.2 Å². The number of amides is 1. The third-order valence-electron chi connectivity index (χ3n) is 4.24. The highest BCUT2D eigenvalue weighted by atomic mass is 35.5. The van der Waals surface area contributed by atoms with Gasteiger partial charge in [0.05, 0.1) is 43.8 Å². The lowest BCUT2D eigenvalue weighted by Gasteiger charge is -2.09. The van der Waals surface area contributed by atoms with Crippen LogP contribution in [0.25, 0.3) is 5.69 Å². The number of aryl methyl sites for hydroxylation is 1. The van der Waals surface area contributed by atoms with E-state index in [4.69, 9.17) is 21.1 Å². The molecule has 2 aromatic carbocycles. The smallest absolute Gasteiger partial charge is 0.244 e. The predicted molar refractivity (Wildman–Crippen MR) is 112 cm³/mol.